The normalized spacial score (nSPS) is 15.1. The van der Waals surface area contributed by atoms with Gasteiger partial charge in [0.15, 0.2) is 0 Å². The third-order valence-corrected chi connectivity index (χ3v) is 4.13. The highest BCUT2D eigenvalue weighted by Gasteiger charge is 2.33. The Morgan fingerprint density at radius 3 is 1.76 bits per heavy atom. The van der Waals surface area contributed by atoms with Gasteiger partial charge in [-0.25, -0.2) is 4.79 Å². The second-order valence-corrected chi connectivity index (χ2v) is 7.07. The molecule has 0 aromatic carbocycles. The minimum absolute atomic E-state index is 0.394. The maximum absolute atomic E-state index is 12.6. The molecule has 5 amide bonds. The third-order valence-electron chi connectivity index (χ3n) is 4.13. The zero-order valence-corrected chi connectivity index (χ0v) is 17.6. The number of amides is 5. The predicted molar refractivity (Wildman–Crippen MR) is 108 cm³/mol. The lowest BCUT2D eigenvalue weighted by Gasteiger charge is -2.26. The zero-order chi connectivity index (χ0) is 25.9. The molecule has 0 aromatic heterocycles. The van der Waals surface area contributed by atoms with E-state index >= 15 is 0 Å². The molecule has 0 radical (unpaired) electrons. The summed E-state index contributed by atoms with van der Waals surface area (Å²) in [5.41, 5.74) is 15.4. The van der Waals surface area contributed by atoms with Crippen LogP contribution in [0.25, 0.3) is 0 Å². The van der Waals surface area contributed by atoms with E-state index in [0.717, 1.165) is 6.92 Å². The van der Waals surface area contributed by atoms with Crippen LogP contribution >= 0.6 is 0 Å². The number of carbonyl (C=O) groups excluding carboxylic acids is 5. The number of aliphatic hydroxyl groups is 1. The number of aliphatic carboxylic acids is 2. The SMILES string of the molecule is CC(O)C(NC(=O)C(N)CC(=O)O)C(=O)NC(CCC(N)=O)C(=O)NC(CC(N)=O)C(=O)O. The Morgan fingerprint density at radius 2 is 1.33 bits per heavy atom. The molecule has 0 aliphatic carbocycles. The molecule has 33 heavy (non-hydrogen) atoms. The fourth-order valence-corrected chi connectivity index (χ4v) is 2.44. The van der Waals surface area contributed by atoms with E-state index in [9.17, 15) is 38.7 Å². The Morgan fingerprint density at radius 1 is 0.788 bits per heavy atom. The van der Waals surface area contributed by atoms with Crippen molar-refractivity contribution in [2.75, 3.05) is 0 Å². The lowest BCUT2D eigenvalue weighted by molar-refractivity contribution is -0.144. The third kappa shape index (κ3) is 11.4. The number of nitrogens with two attached hydrogens (primary N) is 3. The monoisotopic (exact) mass is 476 g/mol. The molecule has 5 unspecified atom stereocenters. The van der Waals surface area contributed by atoms with Gasteiger partial charge in [-0.1, -0.05) is 0 Å². The minimum Gasteiger partial charge on any atom is -0.481 e. The quantitative estimate of drug-likeness (QED) is 0.108. The smallest absolute Gasteiger partial charge is 0.326 e. The molecule has 0 saturated heterocycles. The number of carbonyl (C=O) groups is 7. The summed E-state index contributed by atoms with van der Waals surface area (Å²) < 4.78 is 0. The van der Waals surface area contributed by atoms with Gasteiger partial charge >= 0.3 is 11.9 Å². The predicted octanol–water partition coefficient (Wildman–Crippen LogP) is -5.15. The molecule has 0 spiro atoms. The molecule has 0 saturated carbocycles. The van der Waals surface area contributed by atoms with Crippen LogP contribution in [0.15, 0.2) is 0 Å². The molecule has 16 heteroatoms. The average Bonchev–Trinajstić information content (AvgIpc) is 2.66. The lowest BCUT2D eigenvalue weighted by atomic mass is 10.1. The molecule has 0 fully saturated rings. The van der Waals surface area contributed by atoms with Gasteiger partial charge in [0, 0.05) is 6.42 Å². The van der Waals surface area contributed by atoms with Crippen LogP contribution in [-0.2, 0) is 33.6 Å². The standard InChI is InChI=1S/C17H28N6O10/c1-6(24)13(23-14(29)7(18)4-12(27)28)16(31)21-8(2-3-10(19)25)15(30)22-9(17(32)33)5-11(20)26/h6-9,13,24H,2-5,18H2,1H3,(H2,19,25)(H2,20,26)(H,21,31)(H,22,30)(H,23,29)(H,27,28)(H,32,33). The number of nitrogens with one attached hydrogen (secondary N) is 3. The van der Waals surface area contributed by atoms with Crippen molar-refractivity contribution in [1.82, 2.24) is 16.0 Å². The maximum Gasteiger partial charge on any atom is 0.326 e. The topological polar surface area (TPSA) is 294 Å². The summed E-state index contributed by atoms with van der Waals surface area (Å²) >= 11 is 0. The summed E-state index contributed by atoms with van der Waals surface area (Å²) in [6.45, 7) is 1.11. The van der Waals surface area contributed by atoms with Gasteiger partial charge in [0.1, 0.15) is 18.1 Å². The average molecular weight is 476 g/mol. The van der Waals surface area contributed by atoms with Crippen molar-refractivity contribution >= 4 is 41.5 Å². The van der Waals surface area contributed by atoms with Crippen LogP contribution in [0.2, 0.25) is 0 Å². The summed E-state index contributed by atoms with van der Waals surface area (Å²) in [4.78, 5) is 81.1. The van der Waals surface area contributed by atoms with Crippen LogP contribution < -0.4 is 33.2 Å². The molecule has 0 bridgehead atoms. The van der Waals surface area contributed by atoms with Crippen LogP contribution in [0, 0.1) is 0 Å². The molecule has 12 N–H and O–H groups in total. The van der Waals surface area contributed by atoms with E-state index < -0.39 is 97.4 Å². The van der Waals surface area contributed by atoms with Crippen molar-refractivity contribution in [2.24, 2.45) is 17.2 Å². The first kappa shape index (κ1) is 29.2. The largest absolute Gasteiger partial charge is 0.481 e. The van der Waals surface area contributed by atoms with Crippen molar-refractivity contribution in [3.05, 3.63) is 0 Å². The number of hydrogen-bond donors (Lipinski definition) is 9. The number of primary amides is 2. The Bertz CT molecular complexity index is 786. The first-order chi connectivity index (χ1) is 15.1. The molecule has 0 aromatic rings. The van der Waals surface area contributed by atoms with E-state index in [4.69, 9.17) is 27.4 Å². The van der Waals surface area contributed by atoms with E-state index in [2.05, 4.69) is 5.32 Å². The number of hydrogen-bond acceptors (Lipinski definition) is 9. The molecule has 5 atom stereocenters. The van der Waals surface area contributed by atoms with Gasteiger partial charge in [0.2, 0.25) is 29.5 Å². The van der Waals surface area contributed by atoms with Crippen molar-refractivity contribution in [3.63, 3.8) is 0 Å². The number of carboxylic acid groups (broad SMARTS) is 2. The number of carboxylic acids is 2. The van der Waals surface area contributed by atoms with E-state index in [-0.39, 0.29) is 0 Å². The summed E-state index contributed by atoms with van der Waals surface area (Å²) in [6.07, 6.45) is -3.87. The van der Waals surface area contributed by atoms with Crippen LogP contribution in [0.1, 0.15) is 32.6 Å². The van der Waals surface area contributed by atoms with Crippen LogP contribution in [0.4, 0.5) is 0 Å². The summed E-state index contributed by atoms with van der Waals surface area (Å²) in [5.74, 6) is -8.19. The van der Waals surface area contributed by atoms with Gasteiger partial charge in [0.05, 0.1) is 25.0 Å². The fourth-order valence-electron chi connectivity index (χ4n) is 2.44. The van der Waals surface area contributed by atoms with Crippen LogP contribution in [-0.4, -0.2) is 87.1 Å². The minimum atomic E-state index is -1.73. The fraction of sp³-hybridized carbons (Fsp3) is 0.588. The second kappa shape index (κ2) is 13.6. The van der Waals surface area contributed by atoms with Crippen LogP contribution in [0.5, 0.6) is 0 Å². The second-order valence-electron chi connectivity index (χ2n) is 7.07. The van der Waals surface area contributed by atoms with Crippen LogP contribution in [0.3, 0.4) is 0 Å². The number of rotatable bonds is 15. The van der Waals surface area contributed by atoms with Gasteiger partial charge < -0.3 is 48.5 Å². The van der Waals surface area contributed by atoms with Gasteiger partial charge in [0.25, 0.3) is 0 Å². The Balaban J connectivity index is 5.53. The van der Waals surface area contributed by atoms with E-state index in [1.54, 1.807) is 0 Å². The number of aliphatic hydroxyl groups excluding tert-OH is 1. The molecule has 0 rings (SSSR count). The highest BCUT2D eigenvalue weighted by atomic mass is 16.4. The van der Waals surface area contributed by atoms with Gasteiger partial charge in [-0.3, -0.25) is 28.8 Å². The molecule has 16 nitrogen and oxygen atoms in total. The van der Waals surface area contributed by atoms with Crippen molar-refractivity contribution in [1.29, 1.82) is 0 Å². The summed E-state index contributed by atoms with van der Waals surface area (Å²) in [6, 6.07) is -6.53. The van der Waals surface area contributed by atoms with Gasteiger partial charge in [-0.2, -0.15) is 0 Å². The molecule has 186 valence electrons. The zero-order valence-electron chi connectivity index (χ0n) is 17.6. The molecular weight excluding hydrogens is 448 g/mol. The Hall–Kier alpha value is -3.79. The van der Waals surface area contributed by atoms with Crippen molar-refractivity contribution in [3.8, 4) is 0 Å². The molecular formula is C17H28N6O10. The molecule has 0 heterocycles. The van der Waals surface area contributed by atoms with Crippen molar-refractivity contribution in [2.45, 2.75) is 62.9 Å². The molecule has 0 aliphatic heterocycles. The van der Waals surface area contributed by atoms with Crippen molar-refractivity contribution < 1.29 is 48.9 Å². The van der Waals surface area contributed by atoms with E-state index in [1.165, 1.54) is 0 Å². The highest BCUT2D eigenvalue weighted by Crippen LogP contribution is 2.04. The Kier molecular flexibility index (Phi) is 12.0. The Labute approximate surface area is 187 Å². The van der Waals surface area contributed by atoms with Gasteiger partial charge in [-0.15, -0.1) is 0 Å². The maximum atomic E-state index is 12.6. The highest BCUT2D eigenvalue weighted by molar-refractivity contribution is 5.95. The molecule has 0 aliphatic rings. The summed E-state index contributed by atoms with van der Waals surface area (Å²) in [5, 5.41) is 33.8. The van der Waals surface area contributed by atoms with Gasteiger partial charge in [-0.05, 0) is 13.3 Å². The summed E-state index contributed by atoms with van der Waals surface area (Å²) in [7, 11) is 0. The first-order valence-electron chi connectivity index (χ1n) is 9.51. The lowest BCUT2D eigenvalue weighted by Crippen LogP contribution is -2.60. The van der Waals surface area contributed by atoms with E-state index in [0.29, 0.717) is 0 Å². The first-order valence-corrected chi connectivity index (χ1v) is 9.51. The van der Waals surface area contributed by atoms with E-state index in [1.807, 2.05) is 10.6 Å².